The smallest absolute Gasteiger partial charge is 0.232 e. The maximum absolute atomic E-state index is 13.5. The van der Waals surface area contributed by atoms with Gasteiger partial charge >= 0.3 is 0 Å². The molecule has 0 saturated heterocycles. The first-order valence-electron chi connectivity index (χ1n) is 4.43. The molecule has 0 spiro atoms. The standard InChI is InChI=1S/C9H9ClFNO2S/c10-6-3-5-1-2-8(12-15(13)14)9(5)7(11)4-6/h3-4,8,12H,1-2H2,(H,13,14). The Morgan fingerprint density at radius 2 is 2.33 bits per heavy atom. The third-order valence-corrected chi connectivity index (χ3v) is 3.18. The fourth-order valence-corrected chi connectivity index (χ4v) is 2.63. The summed E-state index contributed by atoms with van der Waals surface area (Å²) in [6.45, 7) is 0. The highest BCUT2D eigenvalue weighted by atomic mass is 35.5. The normalized spacial score (nSPS) is 21.4. The molecule has 0 aliphatic heterocycles. The van der Waals surface area contributed by atoms with E-state index in [0.29, 0.717) is 23.4 Å². The van der Waals surface area contributed by atoms with Gasteiger partial charge in [0.1, 0.15) is 5.82 Å². The quantitative estimate of drug-likeness (QED) is 0.790. The van der Waals surface area contributed by atoms with E-state index in [1.807, 2.05) is 0 Å². The molecule has 0 fully saturated rings. The lowest BCUT2D eigenvalue weighted by molar-refractivity contribution is 0.516. The molecule has 0 radical (unpaired) electrons. The summed E-state index contributed by atoms with van der Waals surface area (Å²) in [7, 11) is 0. The van der Waals surface area contributed by atoms with E-state index in [0.717, 1.165) is 5.56 Å². The van der Waals surface area contributed by atoms with E-state index >= 15 is 0 Å². The van der Waals surface area contributed by atoms with Crippen LogP contribution in [0.25, 0.3) is 0 Å². The fraction of sp³-hybridized carbons (Fsp3) is 0.333. The van der Waals surface area contributed by atoms with E-state index in [1.165, 1.54) is 6.07 Å². The number of hydrogen-bond donors (Lipinski definition) is 2. The first-order valence-corrected chi connectivity index (χ1v) is 5.91. The maximum atomic E-state index is 13.5. The number of fused-ring (bicyclic) bond motifs is 1. The molecule has 2 unspecified atom stereocenters. The summed E-state index contributed by atoms with van der Waals surface area (Å²) in [5.74, 6) is -0.419. The van der Waals surface area contributed by atoms with Crippen LogP contribution in [-0.4, -0.2) is 8.76 Å². The van der Waals surface area contributed by atoms with Crippen LogP contribution >= 0.6 is 11.6 Å². The molecule has 1 aliphatic carbocycles. The molecule has 0 amide bonds. The molecule has 1 aliphatic rings. The lowest BCUT2D eigenvalue weighted by Crippen LogP contribution is -2.21. The number of halogens is 2. The van der Waals surface area contributed by atoms with E-state index in [-0.39, 0.29) is 0 Å². The number of benzene rings is 1. The van der Waals surface area contributed by atoms with Crippen molar-refractivity contribution in [1.29, 1.82) is 0 Å². The zero-order valence-electron chi connectivity index (χ0n) is 7.67. The van der Waals surface area contributed by atoms with E-state index in [1.54, 1.807) is 6.07 Å². The average molecular weight is 250 g/mol. The van der Waals surface area contributed by atoms with Crippen molar-refractivity contribution < 1.29 is 13.2 Å². The maximum Gasteiger partial charge on any atom is 0.232 e. The van der Waals surface area contributed by atoms with Crippen LogP contribution in [0.5, 0.6) is 0 Å². The van der Waals surface area contributed by atoms with Crippen LogP contribution in [0, 0.1) is 5.82 Å². The van der Waals surface area contributed by atoms with Crippen molar-refractivity contribution >= 4 is 22.9 Å². The second-order valence-corrected chi connectivity index (χ2v) is 4.59. The minimum absolute atomic E-state index is 0.358. The number of nitrogens with one attached hydrogen (secondary N) is 1. The van der Waals surface area contributed by atoms with E-state index in [9.17, 15) is 8.60 Å². The lowest BCUT2D eigenvalue weighted by atomic mass is 10.1. The molecule has 15 heavy (non-hydrogen) atoms. The fourth-order valence-electron chi connectivity index (χ4n) is 1.92. The molecule has 2 N–H and O–H groups in total. The van der Waals surface area contributed by atoms with Gasteiger partial charge in [-0.15, -0.1) is 0 Å². The topological polar surface area (TPSA) is 49.3 Å². The van der Waals surface area contributed by atoms with Crippen molar-refractivity contribution in [1.82, 2.24) is 4.72 Å². The van der Waals surface area contributed by atoms with Crippen molar-refractivity contribution in [3.8, 4) is 0 Å². The molecule has 0 heterocycles. The molecule has 82 valence electrons. The molecule has 0 saturated carbocycles. The van der Waals surface area contributed by atoms with Crippen LogP contribution in [0.4, 0.5) is 4.39 Å². The molecule has 6 heteroatoms. The zero-order valence-corrected chi connectivity index (χ0v) is 9.24. The van der Waals surface area contributed by atoms with Crippen LogP contribution < -0.4 is 4.72 Å². The third-order valence-electron chi connectivity index (χ3n) is 2.47. The Kier molecular flexibility index (Phi) is 3.06. The van der Waals surface area contributed by atoms with Gasteiger partial charge in [-0.3, -0.25) is 4.55 Å². The monoisotopic (exact) mass is 249 g/mol. The summed E-state index contributed by atoms with van der Waals surface area (Å²) in [5.41, 5.74) is 1.27. The molecule has 2 rings (SSSR count). The Labute approximate surface area is 94.1 Å². The van der Waals surface area contributed by atoms with Crippen molar-refractivity contribution in [2.75, 3.05) is 0 Å². The highest BCUT2D eigenvalue weighted by Crippen LogP contribution is 2.35. The van der Waals surface area contributed by atoms with Crippen LogP contribution in [0.1, 0.15) is 23.6 Å². The van der Waals surface area contributed by atoms with Crippen LogP contribution in [0.15, 0.2) is 12.1 Å². The predicted octanol–water partition coefficient (Wildman–Crippen LogP) is 2.19. The summed E-state index contributed by atoms with van der Waals surface area (Å²) in [5, 5.41) is 0.358. The SMILES string of the molecule is O=S(O)NC1CCc2cc(Cl)cc(F)c21. The minimum atomic E-state index is -2.13. The molecule has 2 atom stereocenters. The van der Waals surface area contributed by atoms with Crippen LogP contribution in [0.3, 0.4) is 0 Å². The first kappa shape index (κ1) is 11.0. The first-order chi connectivity index (χ1) is 7.08. The summed E-state index contributed by atoms with van der Waals surface area (Å²) in [4.78, 5) is 0. The Bertz CT molecular complexity index is 427. The van der Waals surface area contributed by atoms with E-state index in [4.69, 9.17) is 16.2 Å². The molecule has 0 bridgehead atoms. The highest BCUT2D eigenvalue weighted by molar-refractivity contribution is 7.77. The molecular weight excluding hydrogens is 241 g/mol. The van der Waals surface area contributed by atoms with Crippen molar-refractivity contribution in [2.24, 2.45) is 0 Å². The largest absolute Gasteiger partial charge is 0.294 e. The third kappa shape index (κ3) is 2.20. The minimum Gasteiger partial charge on any atom is -0.294 e. The molecule has 3 nitrogen and oxygen atoms in total. The summed E-state index contributed by atoms with van der Waals surface area (Å²) in [6.07, 6.45) is 1.28. The Hall–Kier alpha value is -0.490. The van der Waals surface area contributed by atoms with Gasteiger partial charge in [-0.2, -0.15) is 0 Å². The van der Waals surface area contributed by atoms with Gasteiger partial charge in [0.2, 0.25) is 11.3 Å². The van der Waals surface area contributed by atoms with Gasteiger partial charge in [-0.05, 0) is 30.5 Å². The predicted molar refractivity (Wildman–Crippen MR) is 56.4 cm³/mol. The van der Waals surface area contributed by atoms with Gasteiger partial charge in [-0.1, -0.05) is 11.6 Å². The van der Waals surface area contributed by atoms with Crippen molar-refractivity contribution in [3.63, 3.8) is 0 Å². The average Bonchev–Trinajstić information content (AvgIpc) is 2.46. The van der Waals surface area contributed by atoms with Gasteiger partial charge in [0.05, 0.1) is 6.04 Å². The number of rotatable bonds is 2. The Morgan fingerprint density at radius 1 is 1.60 bits per heavy atom. The summed E-state index contributed by atoms with van der Waals surface area (Å²) < 4.78 is 35.2. The molecular formula is C9H9ClFNO2S. The van der Waals surface area contributed by atoms with Gasteiger partial charge < -0.3 is 0 Å². The van der Waals surface area contributed by atoms with Crippen LogP contribution in [-0.2, 0) is 17.7 Å². The highest BCUT2D eigenvalue weighted by Gasteiger charge is 2.27. The Morgan fingerprint density at radius 3 is 3.00 bits per heavy atom. The Balaban J connectivity index is 2.37. The van der Waals surface area contributed by atoms with Crippen molar-refractivity contribution in [3.05, 3.63) is 34.1 Å². The lowest BCUT2D eigenvalue weighted by Gasteiger charge is -2.11. The zero-order chi connectivity index (χ0) is 11.0. The van der Waals surface area contributed by atoms with E-state index in [2.05, 4.69) is 4.72 Å². The van der Waals surface area contributed by atoms with Gasteiger partial charge in [0, 0.05) is 10.6 Å². The second-order valence-electron chi connectivity index (χ2n) is 3.42. The van der Waals surface area contributed by atoms with Crippen molar-refractivity contribution in [2.45, 2.75) is 18.9 Å². The summed E-state index contributed by atoms with van der Waals surface area (Å²) >= 11 is 3.59. The molecule has 1 aromatic rings. The summed E-state index contributed by atoms with van der Waals surface area (Å²) in [6, 6.07) is 2.52. The van der Waals surface area contributed by atoms with E-state index < -0.39 is 23.1 Å². The molecule has 1 aromatic carbocycles. The van der Waals surface area contributed by atoms with Gasteiger partial charge in [0.25, 0.3) is 0 Å². The number of aryl methyl sites for hydroxylation is 1. The van der Waals surface area contributed by atoms with Gasteiger partial charge in [0.15, 0.2) is 0 Å². The number of hydrogen-bond acceptors (Lipinski definition) is 1. The molecule has 0 aromatic heterocycles. The van der Waals surface area contributed by atoms with Gasteiger partial charge in [-0.25, -0.2) is 13.3 Å². The van der Waals surface area contributed by atoms with Crippen LogP contribution in [0.2, 0.25) is 5.02 Å². The second kappa shape index (κ2) is 4.17.